The summed E-state index contributed by atoms with van der Waals surface area (Å²) < 4.78 is 2.69. The molecule has 4 rings (SSSR count). The Kier molecular flexibility index (Phi) is 3.46. The summed E-state index contributed by atoms with van der Waals surface area (Å²) in [6.45, 7) is 0.468. The van der Waals surface area contributed by atoms with Crippen LogP contribution in [0.4, 0.5) is 22.9 Å². The summed E-state index contributed by atoms with van der Waals surface area (Å²) in [5, 5.41) is 0. The zero-order valence-corrected chi connectivity index (χ0v) is 14.1. The smallest absolute Gasteiger partial charge is 0.315 e. The standard InChI is InChI=1S/C19H18N4O2/c1-20-17-16(18(24)21(2)19(20)25)22(14-9-5-3-6-10-14)13-23(17)15-11-7-4-8-12-15/h3-12H,13H2,1-2H3. The highest BCUT2D eigenvalue weighted by molar-refractivity contribution is 5.84. The quantitative estimate of drug-likeness (QED) is 0.722. The molecule has 126 valence electrons. The van der Waals surface area contributed by atoms with Gasteiger partial charge in [0.05, 0.1) is 0 Å². The Morgan fingerprint density at radius 3 is 1.80 bits per heavy atom. The number of aromatic nitrogens is 2. The Bertz CT molecular complexity index is 1040. The first-order chi connectivity index (χ1) is 12.1. The minimum atomic E-state index is -0.334. The van der Waals surface area contributed by atoms with Crippen molar-refractivity contribution in [2.24, 2.45) is 14.1 Å². The van der Waals surface area contributed by atoms with Gasteiger partial charge in [-0.1, -0.05) is 36.4 Å². The third kappa shape index (κ3) is 2.26. The van der Waals surface area contributed by atoms with Crippen molar-refractivity contribution in [1.82, 2.24) is 9.13 Å². The first kappa shape index (κ1) is 15.3. The van der Waals surface area contributed by atoms with Gasteiger partial charge in [-0.2, -0.15) is 0 Å². The average Bonchev–Trinajstić information content (AvgIpc) is 3.07. The number of hydrogen-bond acceptors (Lipinski definition) is 4. The molecule has 1 aliphatic heterocycles. The van der Waals surface area contributed by atoms with E-state index in [1.807, 2.05) is 70.5 Å². The summed E-state index contributed by atoms with van der Waals surface area (Å²) in [6, 6.07) is 19.5. The number of hydrogen-bond donors (Lipinski definition) is 0. The highest BCUT2D eigenvalue weighted by Crippen LogP contribution is 2.40. The summed E-state index contributed by atoms with van der Waals surface area (Å²) in [5.41, 5.74) is 1.74. The van der Waals surface area contributed by atoms with Crippen molar-refractivity contribution in [1.29, 1.82) is 0 Å². The Morgan fingerprint density at radius 1 is 0.720 bits per heavy atom. The number of nitrogens with zero attached hydrogens (tertiary/aromatic N) is 4. The fraction of sp³-hybridized carbons (Fsp3) is 0.158. The van der Waals surface area contributed by atoms with E-state index in [1.165, 1.54) is 11.6 Å². The van der Waals surface area contributed by atoms with Crippen LogP contribution in [0.2, 0.25) is 0 Å². The highest BCUT2D eigenvalue weighted by Gasteiger charge is 2.34. The van der Waals surface area contributed by atoms with Crippen molar-refractivity contribution in [3.05, 3.63) is 81.5 Å². The van der Waals surface area contributed by atoms with E-state index in [-0.39, 0.29) is 11.2 Å². The minimum Gasteiger partial charge on any atom is -0.315 e. The lowest BCUT2D eigenvalue weighted by Crippen LogP contribution is -2.38. The van der Waals surface area contributed by atoms with Crippen molar-refractivity contribution in [3.8, 4) is 0 Å². The van der Waals surface area contributed by atoms with Crippen LogP contribution >= 0.6 is 0 Å². The van der Waals surface area contributed by atoms with E-state index < -0.39 is 0 Å². The van der Waals surface area contributed by atoms with Crippen LogP contribution in [-0.4, -0.2) is 15.8 Å². The molecule has 0 unspecified atom stereocenters. The molecule has 3 aromatic rings. The predicted octanol–water partition coefficient (Wildman–Crippen LogP) is 2.33. The molecule has 25 heavy (non-hydrogen) atoms. The Morgan fingerprint density at radius 2 is 1.24 bits per heavy atom. The summed E-state index contributed by atoms with van der Waals surface area (Å²) in [4.78, 5) is 29.3. The van der Waals surface area contributed by atoms with Crippen LogP contribution in [0.15, 0.2) is 70.3 Å². The molecule has 6 nitrogen and oxygen atoms in total. The second-order valence-corrected chi connectivity index (χ2v) is 6.05. The lowest BCUT2D eigenvalue weighted by atomic mass is 10.3. The molecule has 0 N–H and O–H groups in total. The molecule has 0 atom stereocenters. The van der Waals surface area contributed by atoms with E-state index in [1.54, 1.807) is 7.05 Å². The summed E-state index contributed by atoms with van der Waals surface area (Å²) in [5.74, 6) is 0.614. The van der Waals surface area contributed by atoms with Gasteiger partial charge in [-0.05, 0) is 24.3 Å². The minimum absolute atomic E-state index is 0.291. The highest BCUT2D eigenvalue weighted by atomic mass is 16.2. The van der Waals surface area contributed by atoms with Gasteiger partial charge >= 0.3 is 5.69 Å². The molecule has 1 aliphatic rings. The SMILES string of the molecule is Cn1c2c(c(=O)n(C)c1=O)N(c1ccccc1)CN2c1ccccc1. The molecule has 2 heterocycles. The van der Waals surface area contributed by atoms with Gasteiger partial charge in [0.15, 0.2) is 5.69 Å². The monoisotopic (exact) mass is 334 g/mol. The fourth-order valence-electron chi connectivity index (χ4n) is 3.27. The molecule has 2 aromatic carbocycles. The topological polar surface area (TPSA) is 50.5 Å². The summed E-state index contributed by atoms with van der Waals surface area (Å²) in [6.07, 6.45) is 0. The van der Waals surface area contributed by atoms with Crippen molar-refractivity contribution in [3.63, 3.8) is 0 Å². The predicted molar refractivity (Wildman–Crippen MR) is 99.0 cm³/mol. The lowest BCUT2D eigenvalue weighted by Gasteiger charge is -2.21. The molecular formula is C19H18N4O2. The molecule has 0 amide bonds. The summed E-state index contributed by atoms with van der Waals surface area (Å²) >= 11 is 0. The zero-order valence-electron chi connectivity index (χ0n) is 14.1. The molecule has 0 spiro atoms. The lowest BCUT2D eigenvalue weighted by molar-refractivity contribution is 0.692. The van der Waals surface area contributed by atoms with E-state index in [2.05, 4.69) is 0 Å². The molecule has 0 radical (unpaired) electrons. The number of fused-ring (bicyclic) bond motifs is 1. The van der Waals surface area contributed by atoms with E-state index in [9.17, 15) is 9.59 Å². The molecule has 0 fully saturated rings. The van der Waals surface area contributed by atoms with Crippen LogP contribution in [-0.2, 0) is 14.1 Å². The van der Waals surface area contributed by atoms with Gasteiger partial charge in [0.25, 0.3) is 5.56 Å². The zero-order chi connectivity index (χ0) is 17.6. The van der Waals surface area contributed by atoms with Crippen molar-refractivity contribution in [2.45, 2.75) is 0 Å². The van der Waals surface area contributed by atoms with Gasteiger partial charge in [0, 0.05) is 25.5 Å². The van der Waals surface area contributed by atoms with Crippen LogP contribution in [0.3, 0.4) is 0 Å². The molecule has 1 aromatic heterocycles. The van der Waals surface area contributed by atoms with Gasteiger partial charge in [-0.15, -0.1) is 0 Å². The number of rotatable bonds is 2. The van der Waals surface area contributed by atoms with Gasteiger partial charge < -0.3 is 9.80 Å². The van der Waals surface area contributed by atoms with Crippen molar-refractivity contribution >= 4 is 22.9 Å². The Balaban J connectivity index is 2.01. The maximum Gasteiger partial charge on any atom is 0.332 e. The van der Waals surface area contributed by atoms with Crippen LogP contribution in [0, 0.1) is 0 Å². The third-order valence-corrected chi connectivity index (χ3v) is 4.55. The first-order valence-corrected chi connectivity index (χ1v) is 8.05. The Labute approximate surface area is 144 Å². The molecular weight excluding hydrogens is 316 g/mol. The normalized spacial score (nSPS) is 13.2. The second kappa shape index (κ2) is 5.66. The van der Waals surface area contributed by atoms with Crippen LogP contribution < -0.4 is 21.0 Å². The number of benzene rings is 2. The largest absolute Gasteiger partial charge is 0.332 e. The molecule has 0 aliphatic carbocycles. The maximum atomic E-state index is 12.9. The van der Waals surface area contributed by atoms with Gasteiger partial charge in [0.1, 0.15) is 12.5 Å². The van der Waals surface area contributed by atoms with E-state index in [4.69, 9.17) is 0 Å². The average molecular weight is 334 g/mol. The van der Waals surface area contributed by atoms with Crippen molar-refractivity contribution in [2.75, 3.05) is 16.5 Å². The fourth-order valence-corrected chi connectivity index (χ4v) is 3.27. The third-order valence-electron chi connectivity index (χ3n) is 4.55. The molecule has 6 heteroatoms. The second-order valence-electron chi connectivity index (χ2n) is 6.05. The van der Waals surface area contributed by atoms with E-state index in [0.29, 0.717) is 18.2 Å². The Hall–Kier alpha value is -3.28. The van der Waals surface area contributed by atoms with Crippen LogP contribution in [0.25, 0.3) is 0 Å². The van der Waals surface area contributed by atoms with E-state index in [0.717, 1.165) is 15.9 Å². The maximum absolute atomic E-state index is 12.9. The van der Waals surface area contributed by atoms with E-state index >= 15 is 0 Å². The van der Waals surface area contributed by atoms with Crippen LogP contribution in [0.1, 0.15) is 0 Å². The van der Waals surface area contributed by atoms with Crippen LogP contribution in [0.5, 0.6) is 0 Å². The van der Waals surface area contributed by atoms with Gasteiger partial charge in [-0.3, -0.25) is 13.9 Å². The first-order valence-electron chi connectivity index (χ1n) is 8.05. The number of para-hydroxylation sites is 2. The van der Waals surface area contributed by atoms with Gasteiger partial charge in [-0.25, -0.2) is 4.79 Å². The molecule has 0 saturated carbocycles. The summed E-state index contributed by atoms with van der Waals surface area (Å²) in [7, 11) is 3.21. The number of anilines is 4. The van der Waals surface area contributed by atoms with Crippen molar-refractivity contribution < 1.29 is 0 Å². The van der Waals surface area contributed by atoms with Gasteiger partial charge in [0.2, 0.25) is 0 Å². The molecule has 0 bridgehead atoms. The molecule has 0 saturated heterocycles.